The van der Waals surface area contributed by atoms with Crippen LogP contribution >= 0.6 is 0 Å². The Morgan fingerprint density at radius 3 is 2.90 bits per heavy atom. The first kappa shape index (κ1) is 12.4. The van der Waals surface area contributed by atoms with Crippen LogP contribution in [-0.2, 0) is 11.3 Å². The van der Waals surface area contributed by atoms with Gasteiger partial charge in [0.2, 0.25) is 5.82 Å². The van der Waals surface area contributed by atoms with Crippen molar-refractivity contribution in [3.05, 3.63) is 36.1 Å². The van der Waals surface area contributed by atoms with Gasteiger partial charge < -0.3 is 18.9 Å². The van der Waals surface area contributed by atoms with Gasteiger partial charge in [-0.2, -0.15) is 4.98 Å². The molecule has 7 heteroatoms. The SMILES string of the molecule is COCc1cc(-c2nc(-c3cccc(O)c3)no2)no1. The summed E-state index contributed by atoms with van der Waals surface area (Å²) in [6.45, 7) is 0.320. The zero-order valence-corrected chi connectivity index (χ0v) is 10.6. The monoisotopic (exact) mass is 273 g/mol. The molecule has 0 aliphatic carbocycles. The van der Waals surface area contributed by atoms with Crippen LogP contribution in [0, 0.1) is 0 Å². The summed E-state index contributed by atoms with van der Waals surface area (Å²) in [5, 5.41) is 17.1. The number of benzene rings is 1. The van der Waals surface area contributed by atoms with Crippen molar-refractivity contribution in [2.45, 2.75) is 6.61 Å². The van der Waals surface area contributed by atoms with Crippen LogP contribution in [0.1, 0.15) is 5.76 Å². The van der Waals surface area contributed by atoms with Crippen LogP contribution in [0.4, 0.5) is 0 Å². The maximum atomic E-state index is 9.43. The van der Waals surface area contributed by atoms with E-state index in [9.17, 15) is 5.11 Å². The number of methoxy groups -OCH3 is 1. The van der Waals surface area contributed by atoms with Crippen LogP contribution in [0.5, 0.6) is 5.75 Å². The van der Waals surface area contributed by atoms with E-state index in [2.05, 4.69) is 15.3 Å². The molecule has 0 spiro atoms. The van der Waals surface area contributed by atoms with E-state index >= 15 is 0 Å². The molecular formula is C13H11N3O4. The van der Waals surface area contributed by atoms with Crippen molar-refractivity contribution in [2.24, 2.45) is 0 Å². The van der Waals surface area contributed by atoms with Crippen molar-refractivity contribution in [3.8, 4) is 28.7 Å². The Hall–Kier alpha value is -2.67. The quantitative estimate of drug-likeness (QED) is 0.778. The highest BCUT2D eigenvalue weighted by Crippen LogP contribution is 2.24. The lowest BCUT2D eigenvalue weighted by Gasteiger charge is -1.94. The molecule has 20 heavy (non-hydrogen) atoms. The topological polar surface area (TPSA) is 94.4 Å². The molecule has 0 unspecified atom stereocenters. The van der Waals surface area contributed by atoms with Gasteiger partial charge in [-0.3, -0.25) is 0 Å². The second kappa shape index (κ2) is 5.14. The summed E-state index contributed by atoms with van der Waals surface area (Å²) in [6, 6.07) is 8.26. The molecule has 0 amide bonds. The van der Waals surface area contributed by atoms with E-state index in [1.807, 2.05) is 0 Å². The Labute approximate surface area is 113 Å². The van der Waals surface area contributed by atoms with Gasteiger partial charge in [0.1, 0.15) is 12.4 Å². The Kier molecular flexibility index (Phi) is 3.18. The van der Waals surface area contributed by atoms with E-state index in [4.69, 9.17) is 13.8 Å². The van der Waals surface area contributed by atoms with Crippen LogP contribution in [0.15, 0.2) is 39.4 Å². The van der Waals surface area contributed by atoms with E-state index in [1.54, 1.807) is 37.4 Å². The Bertz CT molecular complexity index is 720. The highest BCUT2D eigenvalue weighted by atomic mass is 16.5. The largest absolute Gasteiger partial charge is 0.508 e. The van der Waals surface area contributed by atoms with Gasteiger partial charge in [0, 0.05) is 18.7 Å². The fraction of sp³-hybridized carbons (Fsp3) is 0.154. The third-order valence-corrected chi connectivity index (χ3v) is 2.60. The predicted molar refractivity (Wildman–Crippen MR) is 67.6 cm³/mol. The number of phenolic OH excluding ortho intramolecular Hbond substituents is 1. The molecule has 0 fully saturated rings. The fourth-order valence-electron chi connectivity index (χ4n) is 1.71. The fourth-order valence-corrected chi connectivity index (χ4v) is 1.71. The van der Waals surface area contributed by atoms with Crippen LogP contribution < -0.4 is 0 Å². The van der Waals surface area contributed by atoms with Crippen molar-refractivity contribution < 1.29 is 18.9 Å². The van der Waals surface area contributed by atoms with E-state index in [1.165, 1.54) is 0 Å². The number of hydrogen-bond donors (Lipinski definition) is 1. The molecule has 0 atom stereocenters. The maximum Gasteiger partial charge on any atom is 0.280 e. The van der Waals surface area contributed by atoms with Gasteiger partial charge >= 0.3 is 0 Å². The molecule has 0 aliphatic heterocycles. The van der Waals surface area contributed by atoms with E-state index < -0.39 is 0 Å². The minimum Gasteiger partial charge on any atom is -0.508 e. The highest BCUT2D eigenvalue weighted by Gasteiger charge is 2.15. The molecule has 3 aromatic rings. The minimum absolute atomic E-state index is 0.137. The number of aromatic hydroxyl groups is 1. The summed E-state index contributed by atoms with van der Waals surface area (Å²) >= 11 is 0. The van der Waals surface area contributed by atoms with Crippen molar-refractivity contribution in [3.63, 3.8) is 0 Å². The number of ether oxygens (including phenoxy) is 1. The molecular weight excluding hydrogens is 262 g/mol. The van der Waals surface area contributed by atoms with Gasteiger partial charge in [-0.05, 0) is 12.1 Å². The number of nitrogens with zero attached hydrogens (tertiary/aromatic N) is 3. The lowest BCUT2D eigenvalue weighted by molar-refractivity contribution is 0.156. The van der Waals surface area contributed by atoms with E-state index in [-0.39, 0.29) is 11.6 Å². The number of aromatic nitrogens is 3. The summed E-state index contributed by atoms with van der Waals surface area (Å²) in [5.41, 5.74) is 1.09. The molecule has 0 bridgehead atoms. The number of rotatable bonds is 4. The van der Waals surface area contributed by atoms with Gasteiger partial charge in [-0.25, -0.2) is 0 Å². The van der Waals surface area contributed by atoms with Crippen LogP contribution in [0.2, 0.25) is 0 Å². The summed E-state index contributed by atoms with van der Waals surface area (Å²) in [5.74, 6) is 1.32. The molecule has 1 N–H and O–H groups in total. The number of hydrogen-bond acceptors (Lipinski definition) is 7. The van der Waals surface area contributed by atoms with Gasteiger partial charge in [-0.1, -0.05) is 22.4 Å². The highest BCUT2D eigenvalue weighted by molar-refractivity contribution is 5.59. The first-order valence-electron chi connectivity index (χ1n) is 5.84. The first-order valence-corrected chi connectivity index (χ1v) is 5.84. The molecule has 0 saturated heterocycles. The van der Waals surface area contributed by atoms with Gasteiger partial charge in [0.15, 0.2) is 11.5 Å². The van der Waals surface area contributed by atoms with Crippen LogP contribution in [0.3, 0.4) is 0 Å². The average molecular weight is 273 g/mol. The lowest BCUT2D eigenvalue weighted by atomic mass is 10.2. The van der Waals surface area contributed by atoms with E-state index in [0.29, 0.717) is 29.4 Å². The van der Waals surface area contributed by atoms with Gasteiger partial charge in [-0.15, -0.1) is 0 Å². The van der Waals surface area contributed by atoms with Crippen LogP contribution in [-0.4, -0.2) is 27.5 Å². The third kappa shape index (κ3) is 2.39. The van der Waals surface area contributed by atoms with Gasteiger partial charge in [0.05, 0.1) is 0 Å². The molecule has 102 valence electrons. The van der Waals surface area contributed by atoms with E-state index in [0.717, 1.165) is 0 Å². The normalized spacial score (nSPS) is 10.8. The van der Waals surface area contributed by atoms with Crippen molar-refractivity contribution in [1.82, 2.24) is 15.3 Å². The average Bonchev–Trinajstić information content (AvgIpc) is 3.07. The predicted octanol–water partition coefficient (Wildman–Crippen LogP) is 2.24. The maximum absolute atomic E-state index is 9.43. The smallest absolute Gasteiger partial charge is 0.280 e. The summed E-state index contributed by atoms with van der Waals surface area (Å²) in [6.07, 6.45) is 0. The minimum atomic E-state index is 0.137. The molecule has 0 saturated carbocycles. The molecule has 1 aromatic carbocycles. The Balaban J connectivity index is 1.89. The molecule has 2 aromatic heterocycles. The summed E-state index contributed by atoms with van der Waals surface area (Å²) < 4.78 is 15.1. The van der Waals surface area contributed by atoms with Crippen molar-refractivity contribution in [1.29, 1.82) is 0 Å². The molecule has 3 rings (SSSR count). The third-order valence-electron chi connectivity index (χ3n) is 2.60. The molecule has 2 heterocycles. The second-order valence-corrected chi connectivity index (χ2v) is 4.08. The summed E-state index contributed by atoms with van der Waals surface area (Å²) in [7, 11) is 1.56. The van der Waals surface area contributed by atoms with Gasteiger partial charge in [0.25, 0.3) is 5.89 Å². The molecule has 0 radical (unpaired) electrons. The zero-order chi connectivity index (χ0) is 13.9. The second-order valence-electron chi connectivity index (χ2n) is 4.08. The standard InChI is InChI=1S/C13H11N3O4/c1-18-7-10-6-11(15-19-10)13-14-12(16-20-13)8-3-2-4-9(17)5-8/h2-6,17H,7H2,1H3. The molecule has 7 nitrogen and oxygen atoms in total. The van der Waals surface area contributed by atoms with Crippen LogP contribution in [0.25, 0.3) is 23.0 Å². The molecule has 0 aliphatic rings. The number of phenols is 1. The Morgan fingerprint density at radius 2 is 2.10 bits per heavy atom. The van der Waals surface area contributed by atoms with Crippen molar-refractivity contribution >= 4 is 0 Å². The summed E-state index contributed by atoms with van der Waals surface area (Å²) in [4.78, 5) is 4.21. The van der Waals surface area contributed by atoms with Crippen molar-refractivity contribution in [2.75, 3.05) is 7.11 Å². The Morgan fingerprint density at radius 1 is 1.20 bits per heavy atom. The lowest BCUT2D eigenvalue weighted by Crippen LogP contribution is -1.82. The first-order chi connectivity index (χ1) is 9.76. The zero-order valence-electron chi connectivity index (χ0n) is 10.6.